The number of rotatable bonds is 5. The highest BCUT2D eigenvalue weighted by molar-refractivity contribution is 7.91. The normalized spacial score (nSPS) is 31.6. The van der Waals surface area contributed by atoms with Gasteiger partial charge in [-0.05, 0) is 31.6 Å². The van der Waals surface area contributed by atoms with Crippen molar-refractivity contribution in [2.24, 2.45) is 11.7 Å². The minimum Gasteiger partial charge on any atom is -0.325 e. The van der Waals surface area contributed by atoms with Crippen LogP contribution < -0.4 is 5.73 Å². The van der Waals surface area contributed by atoms with Crippen molar-refractivity contribution >= 4 is 9.84 Å². The van der Waals surface area contributed by atoms with Crippen LogP contribution in [-0.2, 0) is 9.84 Å². The molecule has 96 valence electrons. The molecule has 0 spiro atoms. The summed E-state index contributed by atoms with van der Waals surface area (Å²) < 4.78 is 22.8. The predicted octanol–water partition coefficient (Wildman–Crippen LogP) is 2.11. The molecule has 0 aliphatic heterocycles. The molecule has 0 aromatic rings. The van der Waals surface area contributed by atoms with E-state index in [9.17, 15) is 8.42 Å². The van der Waals surface area contributed by atoms with Crippen LogP contribution in [0.1, 0.15) is 52.4 Å². The van der Waals surface area contributed by atoms with Gasteiger partial charge in [-0.15, -0.1) is 0 Å². The van der Waals surface area contributed by atoms with Crippen molar-refractivity contribution in [1.29, 1.82) is 0 Å². The van der Waals surface area contributed by atoms with Gasteiger partial charge in [0.15, 0.2) is 0 Å². The van der Waals surface area contributed by atoms with E-state index in [2.05, 4.69) is 6.92 Å². The Kier molecular flexibility index (Phi) is 4.80. The molecule has 0 saturated heterocycles. The van der Waals surface area contributed by atoms with Crippen LogP contribution in [0.15, 0.2) is 0 Å². The van der Waals surface area contributed by atoms with Gasteiger partial charge < -0.3 is 5.73 Å². The molecule has 0 radical (unpaired) electrons. The molecule has 16 heavy (non-hydrogen) atoms. The smallest absolute Gasteiger partial charge is 0.150 e. The molecule has 2 N–H and O–H groups in total. The van der Waals surface area contributed by atoms with Crippen LogP contribution in [0.5, 0.6) is 0 Å². The molecule has 0 heterocycles. The van der Waals surface area contributed by atoms with Crippen molar-refractivity contribution in [2.75, 3.05) is 11.5 Å². The van der Waals surface area contributed by atoms with Gasteiger partial charge in [-0.2, -0.15) is 0 Å². The van der Waals surface area contributed by atoms with Crippen molar-refractivity contribution in [1.82, 2.24) is 0 Å². The van der Waals surface area contributed by atoms with Gasteiger partial charge in [-0.25, -0.2) is 8.42 Å². The second-order valence-electron chi connectivity index (χ2n) is 5.22. The number of hydrogen-bond donors (Lipinski definition) is 1. The summed E-state index contributed by atoms with van der Waals surface area (Å²) in [6, 6.07) is 0. The van der Waals surface area contributed by atoms with Crippen molar-refractivity contribution in [2.45, 2.75) is 57.9 Å². The summed E-state index contributed by atoms with van der Waals surface area (Å²) in [5.41, 5.74) is 6.27. The maximum atomic E-state index is 11.4. The highest BCUT2D eigenvalue weighted by Gasteiger charge is 2.33. The second-order valence-corrected chi connectivity index (χ2v) is 7.69. The van der Waals surface area contributed by atoms with Crippen LogP contribution in [0.2, 0.25) is 0 Å². The van der Waals surface area contributed by atoms with Gasteiger partial charge >= 0.3 is 0 Å². The maximum absolute atomic E-state index is 11.4. The Morgan fingerprint density at radius 1 is 1.38 bits per heavy atom. The van der Waals surface area contributed by atoms with Crippen LogP contribution in [0.3, 0.4) is 0 Å². The third-order valence-electron chi connectivity index (χ3n) is 4.05. The van der Waals surface area contributed by atoms with E-state index in [0.29, 0.717) is 11.7 Å². The highest BCUT2D eigenvalue weighted by Crippen LogP contribution is 2.34. The Bertz CT molecular complexity index is 313. The Balaban J connectivity index is 2.41. The largest absolute Gasteiger partial charge is 0.325 e. The fourth-order valence-electron chi connectivity index (χ4n) is 2.58. The first-order valence-corrected chi connectivity index (χ1v) is 8.21. The van der Waals surface area contributed by atoms with Gasteiger partial charge in [-0.3, -0.25) is 0 Å². The molecule has 2 unspecified atom stereocenters. The highest BCUT2D eigenvalue weighted by atomic mass is 32.2. The van der Waals surface area contributed by atoms with Gasteiger partial charge in [0.25, 0.3) is 0 Å². The zero-order valence-electron chi connectivity index (χ0n) is 10.5. The number of nitrogens with two attached hydrogens (primary N) is 1. The lowest BCUT2D eigenvalue weighted by Gasteiger charge is -2.39. The third-order valence-corrected chi connectivity index (χ3v) is 5.84. The van der Waals surface area contributed by atoms with E-state index in [0.717, 1.165) is 19.3 Å². The molecule has 2 atom stereocenters. The molecule has 1 aliphatic carbocycles. The minimum absolute atomic E-state index is 0.110. The molecule has 1 saturated carbocycles. The fourth-order valence-corrected chi connectivity index (χ4v) is 3.45. The quantitative estimate of drug-likeness (QED) is 0.809. The van der Waals surface area contributed by atoms with Gasteiger partial charge in [0, 0.05) is 11.3 Å². The third kappa shape index (κ3) is 3.74. The second kappa shape index (κ2) is 5.50. The number of sulfone groups is 1. The molecule has 1 aliphatic rings. The molecule has 4 heteroatoms. The van der Waals surface area contributed by atoms with E-state index in [-0.39, 0.29) is 11.3 Å². The van der Waals surface area contributed by atoms with Crippen molar-refractivity contribution in [3.8, 4) is 0 Å². The van der Waals surface area contributed by atoms with Crippen molar-refractivity contribution in [3.05, 3.63) is 0 Å². The topological polar surface area (TPSA) is 60.2 Å². The lowest BCUT2D eigenvalue weighted by atomic mass is 9.72. The zero-order chi connectivity index (χ0) is 12.2. The lowest BCUT2D eigenvalue weighted by Crippen LogP contribution is -2.48. The fraction of sp³-hybridized carbons (Fsp3) is 1.00. The van der Waals surface area contributed by atoms with Gasteiger partial charge in [-0.1, -0.05) is 26.7 Å². The molecular formula is C12H25NO2S. The molecule has 0 aromatic carbocycles. The summed E-state index contributed by atoms with van der Waals surface area (Å²) in [5.74, 6) is 1.08. The zero-order valence-corrected chi connectivity index (χ0v) is 11.4. The summed E-state index contributed by atoms with van der Waals surface area (Å²) in [6.45, 7) is 3.91. The Labute approximate surface area is 99.7 Å². The minimum atomic E-state index is -2.82. The first kappa shape index (κ1) is 14.0. The average Bonchev–Trinajstić information content (AvgIpc) is 2.23. The Morgan fingerprint density at radius 3 is 2.62 bits per heavy atom. The molecule has 0 bridgehead atoms. The predicted molar refractivity (Wildman–Crippen MR) is 68.1 cm³/mol. The number of hydrogen-bond acceptors (Lipinski definition) is 3. The SMILES string of the molecule is CCS(=O)(=O)CCCC1(N)CCCCC1C. The molecule has 0 amide bonds. The summed E-state index contributed by atoms with van der Waals surface area (Å²) in [7, 11) is -2.82. The summed E-state index contributed by atoms with van der Waals surface area (Å²) in [6.07, 6.45) is 6.29. The van der Waals surface area contributed by atoms with Crippen LogP contribution in [0, 0.1) is 5.92 Å². The summed E-state index contributed by atoms with van der Waals surface area (Å²) in [5, 5.41) is 0. The van der Waals surface area contributed by atoms with Crippen LogP contribution in [0.25, 0.3) is 0 Å². The van der Waals surface area contributed by atoms with Crippen LogP contribution in [0.4, 0.5) is 0 Å². The molecule has 1 fully saturated rings. The molecule has 3 nitrogen and oxygen atoms in total. The molecular weight excluding hydrogens is 222 g/mol. The van der Waals surface area contributed by atoms with E-state index in [1.165, 1.54) is 19.3 Å². The van der Waals surface area contributed by atoms with Crippen LogP contribution >= 0.6 is 0 Å². The monoisotopic (exact) mass is 247 g/mol. The lowest BCUT2D eigenvalue weighted by molar-refractivity contribution is 0.191. The van der Waals surface area contributed by atoms with E-state index >= 15 is 0 Å². The summed E-state index contributed by atoms with van der Waals surface area (Å²) >= 11 is 0. The van der Waals surface area contributed by atoms with Crippen LogP contribution in [-0.4, -0.2) is 25.5 Å². The van der Waals surface area contributed by atoms with E-state index in [4.69, 9.17) is 5.73 Å². The molecule has 0 aromatic heterocycles. The van der Waals surface area contributed by atoms with Gasteiger partial charge in [0.1, 0.15) is 9.84 Å². The van der Waals surface area contributed by atoms with Gasteiger partial charge in [0.05, 0.1) is 5.75 Å². The van der Waals surface area contributed by atoms with E-state index in [1.807, 2.05) is 0 Å². The Morgan fingerprint density at radius 2 is 2.06 bits per heavy atom. The van der Waals surface area contributed by atoms with Crippen molar-refractivity contribution in [3.63, 3.8) is 0 Å². The Hall–Kier alpha value is -0.0900. The average molecular weight is 247 g/mol. The van der Waals surface area contributed by atoms with Gasteiger partial charge in [0.2, 0.25) is 0 Å². The first-order chi connectivity index (χ1) is 7.40. The maximum Gasteiger partial charge on any atom is 0.150 e. The standard InChI is InChI=1S/C12H25NO2S/c1-3-16(14,15)10-6-9-12(13)8-5-4-7-11(12)2/h11H,3-10,13H2,1-2H3. The van der Waals surface area contributed by atoms with E-state index < -0.39 is 9.84 Å². The van der Waals surface area contributed by atoms with Crippen molar-refractivity contribution < 1.29 is 8.42 Å². The first-order valence-electron chi connectivity index (χ1n) is 6.39. The summed E-state index contributed by atoms with van der Waals surface area (Å²) in [4.78, 5) is 0. The molecule has 1 rings (SSSR count). The van der Waals surface area contributed by atoms with E-state index in [1.54, 1.807) is 6.92 Å².